The lowest BCUT2D eigenvalue weighted by Crippen LogP contribution is -2.16. The number of carbonyl (C=O) groups is 2. The first-order chi connectivity index (χ1) is 7.54. The molecule has 0 aromatic heterocycles. The Balaban J connectivity index is 2.72. The number of allylic oxidation sites excluding steroid dienone is 2. The van der Waals surface area contributed by atoms with Crippen LogP contribution in [0.1, 0.15) is 26.3 Å². The fourth-order valence-corrected chi connectivity index (χ4v) is 1.94. The van der Waals surface area contributed by atoms with Crippen LogP contribution in [0.4, 0.5) is 0 Å². The van der Waals surface area contributed by atoms with Gasteiger partial charge in [-0.1, -0.05) is 11.6 Å². The maximum atomic E-state index is 11.8. The summed E-state index contributed by atoms with van der Waals surface area (Å²) in [7, 11) is 1.51. The predicted octanol–water partition coefficient (Wildman–Crippen LogP) is 2.51. The molecule has 1 aliphatic rings. The Hall–Kier alpha value is -1.61. The van der Waals surface area contributed by atoms with Gasteiger partial charge in [0, 0.05) is 17.2 Å². The van der Waals surface area contributed by atoms with Crippen LogP contribution in [0.15, 0.2) is 23.2 Å². The highest BCUT2D eigenvalue weighted by atomic mass is 35.5. The van der Waals surface area contributed by atoms with Crippen LogP contribution in [0.2, 0.25) is 0 Å². The SMILES string of the molecule is COc1cc(C)c2c(c1)C(=O)C=C(Cl)C2=O. The number of carbonyl (C=O) groups excluding carboxylic acids is 2. The molecule has 0 bridgehead atoms. The van der Waals surface area contributed by atoms with E-state index in [2.05, 4.69) is 0 Å². The minimum atomic E-state index is -0.309. The zero-order valence-electron chi connectivity index (χ0n) is 8.83. The molecule has 1 aromatic carbocycles. The van der Waals surface area contributed by atoms with E-state index in [1.165, 1.54) is 7.11 Å². The Bertz CT molecular complexity index is 529. The largest absolute Gasteiger partial charge is 0.497 e. The van der Waals surface area contributed by atoms with Crippen molar-refractivity contribution >= 4 is 23.2 Å². The molecule has 4 heteroatoms. The van der Waals surface area contributed by atoms with Crippen LogP contribution in [0, 0.1) is 6.92 Å². The molecule has 0 aliphatic heterocycles. The first-order valence-corrected chi connectivity index (χ1v) is 5.07. The first-order valence-electron chi connectivity index (χ1n) is 4.69. The van der Waals surface area contributed by atoms with Crippen LogP contribution in [0.25, 0.3) is 0 Å². The molecule has 82 valence electrons. The summed E-state index contributed by atoms with van der Waals surface area (Å²) in [5.74, 6) is -0.0122. The lowest BCUT2D eigenvalue weighted by molar-refractivity contribution is 0.0989. The Morgan fingerprint density at radius 2 is 1.94 bits per heavy atom. The van der Waals surface area contributed by atoms with Gasteiger partial charge in [-0.25, -0.2) is 0 Å². The van der Waals surface area contributed by atoms with E-state index in [-0.39, 0.29) is 16.6 Å². The van der Waals surface area contributed by atoms with Gasteiger partial charge in [0.15, 0.2) is 5.78 Å². The van der Waals surface area contributed by atoms with Crippen molar-refractivity contribution in [3.05, 3.63) is 39.9 Å². The zero-order chi connectivity index (χ0) is 11.9. The number of hydrogen-bond donors (Lipinski definition) is 0. The number of fused-ring (bicyclic) bond motifs is 1. The van der Waals surface area contributed by atoms with Crippen LogP contribution >= 0.6 is 11.6 Å². The normalized spacial score (nSPS) is 14.6. The van der Waals surface area contributed by atoms with Crippen molar-refractivity contribution in [2.24, 2.45) is 0 Å². The lowest BCUT2D eigenvalue weighted by atomic mass is 9.91. The molecule has 1 aliphatic carbocycles. The Morgan fingerprint density at radius 3 is 2.56 bits per heavy atom. The van der Waals surface area contributed by atoms with Crippen molar-refractivity contribution in [2.75, 3.05) is 7.11 Å². The highest BCUT2D eigenvalue weighted by Crippen LogP contribution is 2.29. The summed E-state index contributed by atoms with van der Waals surface area (Å²) < 4.78 is 5.05. The number of ether oxygens (including phenoxy) is 1. The number of rotatable bonds is 1. The molecule has 3 nitrogen and oxygen atoms in total. The van der Waals surface area contributed by atoms with Crippen LogP contribution in [-0.4, -0.2) is 18.7 Å². The molecule has 2 rings (SSSR count). The van der Waals surface area contributed by atoms with Crippen molar-refractivity contribution < 1.29 is 14.3 Å². The second-order valence-electron chi connectivity index (χ2n) is 3.55. The molecule has 0 saturated carbocycles. The maximum absolute atomic E-state index is 11.8. The molecule has 0 N–H and O–H groups in total. The Morgan fingerprint density at radius 1 is 1.25 bits per heavy atom. The van der Waals surface area contributed by atoms with Crippen molar-refractivity contribution in [2.45, 2.75) is 6.92 Å². The van der Waals surface area contributed by atoms with Crippen molar-refractivity contribution in [3.8, 4) is 5.75 Å². The van der Waals surface area contributed by atoms with E-state index in [0.717, 1.165) is 6.08 Å². The molecule has 0 fully saturated rings. The van der Waals surface area contributed by atoms with E-state index < -0.39 is 0 Å². The molecule has 16 heavy (non-hydrogen) atoms. The highest BCUT2D eigenvalue weighted by Gasteiger charge is 2.26. The van der Waals surface area contributed by atoms with Crippen molar-refractivity contribution in [3.63, 3.8) is 0 Å². The van der Waals surface area contributed by atoms with Gasteiger partial charge in [0.1, 0.15) is 5.75 Å². The number of hydrogen-bond acceptors (Lipinski definition) is 3. The third-order valence-corrected chi connectivity index (χ3v) is 2.79. The lowest BCUT2D eigenvalue weighted by Gasteiger charge is -2.15. The summed E-state index contributed by atoms with van der Waals surface area (Å²) in [6.07, 6.45) is 1.14. The minimum absolute atomic E-state index is 0.0363. The smallest absolute Gasteiger partial charge is 0.205 e. The second kappa shape index (κ2) is 3.76. The summed E-state index contributed by atoms with van der Waals surface area (Å²) in [5.41, 5.74) is 1.42. The number of halogens is 1. The third kappa shape index (κ3) is 1.53. The van der Waals surface area contributed by atoms with Crippen molar-refractivity contribution in [1.29, 1.82) is 0 Å². The van der Waals surface area contributed by atoms with Crippen LogP contribution in [-0.2, 0) is 0 Å². The van der Waals surface area contributed by atoms with Crippen LogP contribution < -0.4 is 4.74 Å². The molecule has 0 spiro atoms. The summed E-state index contributed by atoms with van der Waals surface area (Å²) in [6.45, 7) is 1.75. The van der Waals surface area contributed by atoms with Gasteiger partial charge in [-0.2, -0.15) is 0 Å². The van der Waals surface area contributed by atoms with Gasteiger partial charge < -0.3 is 4.74 Å². The van der Waals surface area contributed by atoms with Crippen molar-refractivity contribution in [1.82, 2.24) is 0 Å². The zero-order valence-corrected chi connectivity index (χ0v) is 9.59. The van der Waals surface area contributed by atoms with E-state index in [1.54, 1.807) is 19.1 Å². The van der Waals surface area contributed by atoms with Gasteiger partial charge in [0.2, 0.25) is 5.78 Å². The Kier molecular flexibility index (Phi) is 2.56. The number of methoxy groups -OCH3 is 1. The van der Waals surface area contributed by atoms with Gasteiger partial charge in [0.05, 0.1) is 12.1 Å². The van der Waals surface area contributed by atoms with Crippen LogP contribution in [0.5, 0.6) is 5.75 Å². The molecule has 0 unspecified atom stereocenters. The second-order valence-corrected chi connectivity index (χ2v) is 3.96. The first kappa shape index (κ1) is 10.9. The summed E-state index contributed by atoms with van der Waals surface area (Å²) in [4.78, 5) is 23.5. The quantitative estimate of drug-likeness (QED) is 0.753. The number of ketones is 2. The number of aryl methyl sites for hydroxylation is 1. The summed E-state index contributed by atoms with van der Waals surface area (Å²) in [6, 6.07) is 3.27. The maximum Gasteiger partial charge on any atom is 0.205 e. The Labute approximate surface area is 97.7 Å². The predicted molar refractivity (Wildman–Crippen MR) is 60.3 cm³/mol. The van der Waals surface area contributed by atoms with E-state index in [4.69, 9.17) is 16.3 Å². The molecule has 0 atom stereocenters. The van der Waals surface area contributed by atoms with Gasteiger partial charge in [-0.05, 0) is 24.6 Å². The number of Topliss-reactive ketones (excluding diaryl/α,β-unsaturated/α-hetero) is 1. The summed E-state index contributed by atoms with van der Waals surface area (Å²) in [5, 5.41) is -0.0363. The molecular weight excluding hydrogens is 228 g/mol. The van der Waals surface area contributed by atoms with Gasteiger partial charge in [-0.15, -0.1) is 0 Å². The highest BCUT2D eigenvalue weighted by molar-refractivity contribution is 6.49. The van der Waals surface area contributed by atoms with E-state index >= 15 is 0 Å². The van der Waals surface area contributed by atoms with E-state index in [1.807, 2.05) is 0 Å². The molecule has 0 heterocycles. The standard InChI is InChI=1S/C12H9ClO3/c1-6-3-7(16-2)4-8-10(14)5-9(13)12(15)11(6)8/h3-5H,1-2H3. The average Bonchev–Trinajstić information content (AvgIpc) is 2.25. The van der Waals surface area contributed by atoms with Gasteiger partial charge >= 0.3 is 0 Å². The summed E-state index contributed by atoms with van der Waals surface area (Å²) >= 11 is 5.69. The fraction of sp³-hybridized carbons (Fsp3) is 0.167. The van der Waals surface area contributed by atoms with E-state index in [0.29, 0.717) is 22.4 Å². The average molecular weight is 237 g/mol. The molecular formula is C12H9ClO3. The third-order valence-electron chi connectivity index (χ3n) is 2.51. The number of benzene rings is 1. The molecule has 0 amide bonds. The van der Waals surface area contributed by atoms with E-state index in [9.17, 15) is 9.59 Å². The van der Waals surface area contributed by atoms with Gasteiger partial charge in [-0.3, -0.25) is 9.59 Å². The van der Waals surface area contributed by atoms with Crippen LogP contribution in [0.3, 0.4) is 0 Å². The molecule has 0 saturated heterocycles. The monoisotopic (exact) mass is 236 g/mol. The minimum Gasteiger partial charge on any atom is -0.497 e. The van der Waals surface area contributed by atoms with Gasteiger partial charge in [0.25, 0.3) is 0 Å². The molecule has 1 aromatic rings. The topological polar surface area (TPSA) is 43.4 Å². The molecule has 0 radical (unpaired) electrons. The fourth-order valence-electron chi connectivity index (χ4n) is 1.75.